The zero-order chi connectivity index (χ0) is 10.8. The first kappa shape index (κ1) is 9.93. The SMILES string of the molecule is Cn1cncc1C(=O)c1ccccc1Cl. The summed E-state index contributed by atoms with van der Waals surface area (Å²) in [6.07, 6.45) is 3.12. The van der Waals surface area contributed by atoms with Crippen molar-refractivity contribution in [2.75, 3.05) is 0 Å². The van der Waals surface area contributed by atoms with Gasteiger partial charge in [-0.3, -0.25) is 4.79 Å². The maximum atomic E-state index is 12.0. The van der Waals surface area contributed by atoms with Gasteiger partial charge >= 0.3 is 0 Å². The van der Waals surface area contributed by atoms with Gasteiger partial charge in [0.15, 0.2) is 0 Å². The fraction of sp³-hybridized carbons (Fsp3) is 0.0909. The Labute approximate surface area is 92.3 Å². The smallest absolute Gasteiger partial charge is 0.212 e. The second-order valence-electron chi connectivity index (χ2n) is 3.20. The zero-order valence-electron chi connectivity index (χ0n) is 8.14. The zero-order valence-corrected chi connectivity index (χ0v) is 8.90. The average Bonchev–Trinajstić information content (AvgIpc) is 2.64. The van der Waals surface area contributed by atoms with Gasteiger partial charge < -0.3 is 4.57 Å². The van der Waals surface area contributed by atoms with E-state index in [1.54, 1.807) is 42.2 Å². The van der Waals surface area contributed by atoms with Gasteiger partial charge in [0.25, 0.3) is 0 Å². The molecule has 2 aromatic rings. The van der Waals surface area contributed by atoms with Crippen LogP contribution in [0.3, 0.4) is 0 Å². The Morgan fingerprint density at radius 1 is 1.40 bits per heavy atom. The molecule has 76 valence electrons. The first-order chi connectivity index (χ1) is 7.20. The molecule has 0 saturated heterocycles. The predicted molar refractivity (Wildman–Crippen MR) is 58.1 cm³/mol. The molecular formula is C11H9ClN2O. The molecule has 0 atom stereocenters. The molecule has 0 spiro atoms. The minimum absolute atomic E-state index is 0.111. The Bertz CT molecular complexity index is 505. The number of carbonyl (C=O) groups is 1. The van der Waals surface area contributed by atoms with Crippen molar-refractivity contribution in [3.8, 4) is 0 Å². The highest BCUT2D eigenvalue weighted by molar-refractivity contribution is 6.34. The second kappa shape index (κ2) is 3.87. The topological polar surface area (TPSA) is 34.9 Å². The predicted octanol–water partition coefficient (Wildman–Crippen LogP) is 2.30. The van der Waals surface area contributed by atoms with Crippen molar-refractivity contribution in [3.63, 3.8) is 0 Å². The number of ketones is 1. The molecule has 0 radical (unpaired) electrons. The number of carbonyl (C=O) groups excluding carboxylic acids is 1. The molecular weight excluding hydrogens is 212 g/mol. The summed E-state index contributed by atoms with van der Waals surface area (Å²) in [6, 6.07) is 6.99. The molecule has 15 heavy (non-hydrogen) atoms. The maximum Gasteiger partial charge on any atom is 0.212 e. The molecule has 0 saturated carbocycles. The van der Waals surface area contributed by atoms with E-state index in [2.05, 4.69) is 4.98 Å². The Morgan fingerprint density at radius 3 is 2.73 bits per heavy atom. The fourth-order valence-corrected chi connectivity index (χ4v) is 1.58. The second-order valence-corrected chi connectivity index (χ2v) is 3.61. The number of halogens is 1. The van der Waals surface area contributed by atoms with E-state index in [0.29, 0.717) is 16.3 Å². The maximum absolute atomic E-state index is 12.0. The number of aryl methyl sites for hydroxylation is 1. The Hall–Kier alpha value is -1.61. The standard InChI is InChI=1S/C11H9ClN2O/c1-14-7-13-6-10(14)11(15)8-4-2-3-5-9(8)12/h2-7H,1H3. The number of hydrogen-bond acceptors (Lipinski definition) is 2. The first-order valence-corrected chi connectivity index (χ1v) is 4.83. The minimum atomic E-state index is -0.111. The van der Waals surface area contributed by atoms with E-state index in [4.69, 9.17) is 11.6 Å². The van der Waals surface area contributed by atoms with Gasteiger partial charge in [0.2, 0.25) is 5.78 Å². The van der Waals surface area contributed by atoms with Crippen molar-refractivity contribution in [3.05, 3.63) is 53.1 Å². The normalized spacial score (nSPS) is 10.3. The fourth-order valence-electron chi connectivity index (χ4n) is 1.36. The Balaban J connectivity index is 2.46. The molecule has 1 aromatic heterocycles. The van der Waals surface area contributed by atoms with Crippen LogP contribution in [0.25, 0.3) is 0 Å². The van der Waals surface area contributed by atoms with E-state index in [9.17, 15) is 4.79 Å². The number of nitrogens with zero attached hydrogens (tertiary/aromatic N) is 2. The third-order valence-electron chi connectivity index (χ3n) is 2.17. The lowest BCUT2D eigenvalue weighted by atomic mass is 10.1. The highest BCUT2D eigenvalue weighted by atomic mass is 35.5. The van der Waals surface area contributed by atoms with Crippen molar-refractivity contribution in [2.24, 2.45) is 7.05 Å². The Morgan fingerprint density at radius 2 is 2.13 bits per heavy atom. The molecule has 4 heteroatoms. The summed E-state index contributed by atoms with van der Waals surface area (Å²) in [7, 11) is 1.77. The van der Waals surface area contributed by atoms with Crippen LogP contribution in [0.1, 0.15) is 16.1 Å². The van der Waals surface area contributed by atoms with Crippen LogP contribution in [0.4, 0.5) is 0 Å². The highest BCUT2D eigenvalue weighted by Gasteiger charge is 2.14. The van der Waals surface area contributed by atoms with E-state index >= 15 is 0 Å². The average molecular weight is 221 g/mol. The first-order valence-electron chi connectivity index (χ1n) is 4.45. The monoisotopic (exact) mass is 220 g/mol. The van der Waals surface area contributed by atoms with Crippen LogP contribution in [0.5, 0.6) is 0 Å². The van der Waals surface area contributed by atoms with Gasteiger partial charge in [-0.25, -0.2) is 4.98 Å². The molecule has 2 rings (SSSR count). The molecule has 0 fully saturated rings. The van der Waals surface area contributed by atoms with E-state index < -0.39 is 0 Å². The van der Waals surface area contributed by atoms with Crippen LogP contribution in [-0.2, 0) is 7.05 Å². The molecule has 1 heterocycles. The summed E-state index contributed by atoms with van der Waals surface area (Å²) in [6.45, 7) is 0. The minimum Gasteiger partial charge on any atom is -0.331 e. The van der Waals surface area contributed by atoms with Gasteiger partial charge in [0, 0.05) is 12.6 Å². The summed E-state index contributed by atoms with van der Waals surface area (Å²) in [5.41, 5.74) is 1.03. The van der Waals surface area contributed by atoms with E-state index in [1.807, 2.05) is 0 Å². The Kier molecular flexibility index (Phi) is 2.56. The highest BCUT2D eigenvalue weighted by Crippen LogP contribution is 2.18. The van der Waals surface area contributed by atoms with Crippen LogP contribution in [0.2, 0.25) is 5.02 Å². The summed E-state index contributed by atoms with van der Waals surface area (Å²) >= 11 is 5.94. The van der Waals surface area contributed by atoms with E-state index in [-0.39, 0.29) is 5.78 Å². The summed E-state index contributed by atoms with van der Waals surface area (Å²) in [4.78, 5) is 15.9. The third-order valence-corrected chi connectivity index (χ3v) is 2.50. The van der Waals surface area contributed by atoms with Crippen LogP contribution in [-0.4, -0.2) is 15.3 Å². The van der Waals surface area contributed by atoms with Gasteiger partial charge in [-0.05, 0) is 12.1 Å². The lowest BCUT2D eigenvalue weighted by Crippen LogP contribution is -2.07. The lowest BCUT2D eigenvalue weighted by molar-refractivity contribution is 0.103. The van der Waals surface area contributed by atoms with Crippen molar-refractivity contribution in [1.82, 2.24) is 9.55 Å². The van der Waals surface area contributed by atoms with Crippen molar-refractivity contribution in [2.45, 2.75) is 0 Å². The van der Waals surface area contributed by atoms with Crippen LogP contribution >= 0.6 is 11.6 Å². The van der Waals surface area contributed by atoms with Gasteiger partial charge in [0.1, 0.15) is 5.69 Å². The lowest BCUT2D eigenvalue weighted by Gasteiger charge is -2.03. The van der Waals surface area contributed by atoms with Gasteiger partial charge in [-0.1, -0.05) is 23.7 Å². The van der Waals surface area contributed by atoms with Crippen molar-refractivity contribution in [1.29, 1.82) is 0 Å². The van der Waals surface area contributed by atoms with Crippen LogP contribution in [0.15, 0.2) is 36.8 Å². The molecule has 0 aliphatic carbocycles. The van der Waals surface area contributed by atoms with Crippen LogP contribution < -0.4 is 0 Å². The number of benzene rings is 1. The van der Waals surface area contributed by atoms with Gasteiger partial charge in [-0.2, -0.15) is 0 Å². The molecule has 1 aromatic carbocycles. The van der Waals surface area contributed by atoms with Gasteiger partial charge in [0.05, 0.1) is 17.5 Å². The molecule has 0 aliphatic rings. The van der Waals surface area contributed by atoms with Crippen LogP contribution in [0, 0.1) is 0 Å². The van der Waals surface area contributed by atoms with Crippen molar-refractivity contribution >= 4 is 17.4 Å². The van der Waals surface area contributed by atoms with Gasteiger partial charge in [-0.15, -0.1) is 0 Å². The number of rotatable bonds is 2. The summed E-state index contributed by atoms with van der Waals surface area (Å²) in [5, 5.41) is 0.462. The third kappa shape index (κ3) is 1.78. The summed E-state index contributed by atoms with van der Waals surface area (Å²) < 4.78 is 1.67. The quantitative estimate of drug-likeness (QED) is 0.728. The summed E-state index contributed by atoms with van der Waals surface area (Å²) in [5.74, 6) is -0.111. The molecule has 0 bridgehead atoms. The molecule has 0 amide bonds. The van der Waals surface area contributed by atoms with E-state index in [1.165, 1.54) is 6.20 Å². The molecule has 3 nitrogen and oxygen atoms in total. The van der Waals surface area contributed by atoms with Crippen molar-refractivity contribution < 1.29 is 4.79 Å². The number of hydrogen-bond donors (Lipinski definition) is 0. The molecule has 0 aliphatic heterocycles. The van der Waals surface area contributed by atoms with E-state index in [0.717, 1.165) is 0 Å². The number of aromatic nitrogens is 2. The molecule has 0 unspecified atom stereocenters. The largest absolute Gasteiger partial charge is 0.331 e. The molecule has 0 N–H and O–H groups in total. The number of imidazole rings is 1.